The van der Waals surface area contributed by atoms with Crippen LogP contribution in [0.2, 0.25) is 0 Å². The molecule has 0 aromatic heterocycles. The van der Waals surface area contributed by atoms with Gasteiger partial charge in [0.15, 0.2) is 0 Å². The van der Waals surface area contributed by atoms with E-state index in [2.05, 4.69) is 5.32 Å². The molecule has 7 nitrogen and oxygen atoms in total. The SMILES string of the molecule is Cc1cccc(C(=O)N2CCC(NC(=O)C3CC3)CC2)c1[N+](=O)[O-]. The van der Waals surface area contributed by atoms with Gasteiger partial charge in [0, 0.05) is 30.6 Å². The molecular weight excluding hydrogens is 310 g/mol. The van der Waals surface area contributed by atoms with E-state index < -0.39 is 4.92 Å². The molecule has 24 heavy (non-hydrogen) atoms. The van der Waals surface area contributed by atoms with E-state index in [1.165, 1.54) is 6.07 Å². The van der Waals surface area contributed by atoms with Crippen LogP contribution in [0.5, 0.6) is 0 Å². The topological polar surface area (TPSA) is 92.6 Å². The Morgan fingerprint density at radius 1 is 1.21 bits per heavy atom. The van der Waals surface area contributed by atoms with Gasteiger partial charge < -0.3 is 10.2 Å². The predicted octanol–water partition coefficient (Wildman–Crippen LogP) is 2.03. The zero-order valence-electron chi connectivity index (χ0n) is 13.7. The Balaban J connectivity index is 1.64. The molecule has 2 fully saturated rings. The Kier molecular flexibility index (Phi) is 4.51. The second kappa shape index (κ2) is 6.59. The maximum Gasteiger partial charge on any atom is 0.285 e. The first kappa shape index (κ1) is 16.4. The van der Waals surface area contributed by atoms with Crippen LogP contribution in [0.15, 0.2) is 18.2 Å². The molecule has 1 heterocycles. The highest BCUT2D eigenvalue weighted by molar-refractivity contribution is 5.98. The normalized spacial score (nSPS) is 18.3. The first-order valence-electron chi connectivity index (χ1n) is 8.31. The van der Waals surface area contributed by atoms with Gasteiger partial charge in [-0.25, -0.2) is 0 Å². The summed E-state index contributed by atoms with van der Waals surface area (Å²) in [7, 11) is 0. The molecule has 3 rings (SSSR count). The molecule has 1 aliphatic carbocycles. The van der Waals surface area contributed by atoms with Crippen molar-refractivity contribution in [3.63, 3.8) is 0 Å². The molecule has 0 radical (unpaired) electrons. The van der Waals surface area contributed by atoms with E-state index in [0.717, 1.165) is 12.8 Å². The number of piperidine rings is 1. The smallest absolute Gasteiger partial charge is 0.285 e. The van der Waals surface area contributed by atoms with Crippen molar-refractivity contribution < 1.29 is 14.5 Å². The van der Waals surface area contributed by atoms with Crippen molar-refractivity contribution in [2.24, 2.45) is 5.92 Å². The number of nitro benzene ring substituents is 1. The minimum atomic E-state index is -0.495. The molecule has 1 aromatic rings. The molecule has 7 heteroatoms. The number of benzene rings is 1. The second-order valence-electron chi connectivity index (χ2n) is 6.58. The van der Waals surface area contributed by atoms with Gasteiger partial charge in [-0.3, -0.25) is 19.7 Å². The van der Waals surface area contributed by atoms with Gasteiger partial charge in [0.1, 0.15) is 5.56 Å². The molecule has 1 saturated carbocycles. The lowest BCUT2D eigenvalue weighted by Gasteiger charge is -2.32. The predicted molar refractivity (Wildman–Crippen MR) is 87.6 cm³/mol. The van der Waals surface area contributed by atoms with Gasteiger partial charge in [-0.1, -0.05) is 12.1 Å². The zero-order valence-corrected chi connectivity index (χ0v) is 13.7. The van der Waals surface area contributed by atoms with E-state index >= 15 is 0 Å². The number of para-hydroxylation sites is 1. The van der Waals surface area contributed by atoms with Crippen LogP contribution < -0.4 is 5.32 Å². The summed E-state index contributed by atoms with van der Waals surface area (Å²) in [5, 5.41) is 14.3. The van der Waals surface area contributed by atoms with Gasteiger partial charge in [0.05, 0.1) is 4.92 Å². The third kappa shape index (κ3) is 3.39. The highest BCUT2D eigenvalue weighted by Gasteiger charge is 2.33. The Hall–Kier alpha value is -2.44. The van der Waals surface area contributed by atoms with Crippen molar-refractivity contribution in [2.75, 3.05) is 13.1 Å². The number of amides is 2. The largest absolute Gasteiger partial charge is 0.353 e. The average molecular weight is 331 g/mol. The first-order valence-corrected chi connectivity index (χ1v) is 8.31. The molecule has 1 N–H and O–H groups in total. The molecule has 2 amide bonds. The summed E-state index contributed by atoms with van der Waals surface area (Å²) in [4.78, 5) is 36.9. The molecule has 0 spiro atoms. The van der Waals surface area contributed by atoms with E-state index in [9.17, 15) is 19.7 Å². The van der Waals surface area contributed by atoms with Crippen LogP contribution in [0.1, 0.15) is 41.6 Å². The van der Waals surface area contributed by atoms with E-state index in [-0.39, 0.29) is 35.0 Å². The van der Waals surface area contributed by atoms with Crippen LogP contribution in [-0.2, 0) is 4.79 Å². The highest BCUT2D eigenvalue weighted by Crippen LogP contribution is 2.29. The molecule has 128 valence electrons. The Morgan fingerprint density at radius 3 is 2.46 bits per heavy atom. The molecule has 0 atom stereocenters. The fourth-order valence-electron chi connectivity index (χ4n) is 3.14. The minimum Gasteiger partial charge on any atom is -0.353 e. The highest BCUT2D eigenvalue weighted by atomic mass is 16.6. The number of hydrogen-bond acceptors (Lipinski definition) is 4. The summed E-state index contributed by atoms with van der Waals surface area (Å²) >= 11 is 0. The number of carbonyl (C=O) groups is 2. The van der Waals surface area contributed by atoms with Crippen LogP contribution in [0.3, 0.4) is 0 Å². The number of likely N-dealkylation sites (tertiary alicyclic amines) is 1. The molecule has 2 aliphatic rings. The first-order chi connectivity index (χ1) is 11.5. The molecule has 1 aromatic carbocycles. The third-order valence-corrected chi connectivity index (χ3v) is 4.73. The van der Waals surface area contributed by atoms with Crippen molar-refractivity contribution in [1.82, 2.24) is 10.2 Å². The van der Waals surface area contributed by atoms with Gasteiger partial charge in [-0.15, -0.1) is 0 Å². The van der Waals surface area contributed by atoms with Crippen LogP contribution >= 0.6 is 0 Å². The number of nitro groups is 1. The van der Waals surface area contributed by atoms with Gasteiger partial charge in [0.2, 0.25) is 5.91 Å². The number of rotatable bonds is 4. The number of aryl methyl sites for hydroxylation is 1. The Bertz CT molecular complexity index is 676. The summed E-state index contributed by atoms with van der Waals surface area (Å²) in [6.07, 6.45) is 3.31. The third-order valence-electron chi connectivity index (χ3n) is 4.73. The molecule has 0 bridgehead atoms. The van der Waals surface area contributed by atoms with Gasteiger partial charge >= 0.3 is 0 Å². The second-order valence-corrected chi connectivity index (χ2v) is 6.58. The minimum absolute atomic E-state index is 0.0923. The van der Waals surface area contributed by atoms with Crippen molar-refractivity contribution in [3.05, 3.63) is 39.4 Å². The molecular formula is C17H21N3O4. The Morgan fingerprint density at radius 2 is 1.88 bits per heavy atom. The summed E-state index contributed by atoms with van der Waals surface area (Å²) in [6, 6.07) is 4.90. The average Bonchev–Trinajstić information content (AvgIpc) is 3.39. The van der Waals surface area contributed by atoms with Crippen molar-refractivity contribution >= 4 is 17.5 Å². The Labute approximate surface area is 140 Å². The van der Waals surface area contributed by atoms with Crippen molar-refractivity contribution in [2.45, 2.75) is 38.6 Å². The fraction of sp³-hybridized carbons (Fsp3) is 0.529. The zero-order chi connectivity index (χ0) is 17.3. The van der Waals surface area contributed by atoms with Crippen LogP contribution in [0, 0.1) is 23.0 Å². The van der Waals surface area contributed by atoms with Crippen molar-refractivity contribution in [1.29, 1.82) is 0 Å². The number of carbonyl (C=O) groups excluding carboxylic acids is 2. The lowest BCUT2D eigenvalue weighted by Crippen LogP contribution is -2.47. The quantitative estimate of drug-likeness (QED) is 0.675. The van der Waals surface area contributed by atoms with Gasteiger partial charge in [-0.05, 0) is 38.7 Å². The fourth-order valence-corrected chi connectivity index (χ4v) is 3.14. The number of nitrogens with zero attached hydrogens (tertiary/aromatic N) is 2. The molecule has 1 saturated heterocycles. The van der Waals surface area contributed by atoms with E-state index in [1.807, 2.05) is 0 Å². The van der Waals surface area contributed by atoms with E-state index in [1.54, 1.807) is 24.0 Å². The maximum atomic E-state index is 12.7. The lowest BCUT2D eigenvalue weighted by atomic mass is 10.0. The van der Waals surface area contributed by atoms with Gasteiger partial charge in [-0.2, -0.15) is 0 Å². The van der Waals surface area contributed by atoms with Crippen molar-refractivity contribution in [3.8, 4) is 0 Å². The van der Waals surface area contributed by atoms with Crippen LogP contribution in [-0.4, -0.2) is 40.8 Å². The summed E-state index contributed by atoms with van der Waals surface area (Å²) in [5.41, 5.74) is 0.504. The summed E-state index contributed by atoms with van der Waals surface area (Å²) in [6.45, 7) is 2.63. The maximum absolute atomic E-state index is 12.7. The standard InChI is InChI=1S/C17H21N3O4/c1-11-3-2-4-14(15(11)20(23)24)17(22)19-9-7-13(8-10-19)18-16(21)12-5-6-12/h2-4,12-13H,5-10H2,1H3,(H,18,21). The number of hydrogen-bond donors (Lipinski definition) is 1. The van der Waals surface area contributed by atoms with Crippen LogP contribution in [0.4, 0.5) is 5.69 Å². The molecule has 0 unspecified atom stereocenters. The van der Waals surface area contributed by atoms with Crippen LogP contribution in [0.25, 0.3) is 0 Å². The lowest BCUT2D eigenvalue weighted by molar-refractivity contribution is -0.385. The van der Waals surface area contributed by atoms with E-state index in [0.29, 0.717) is 31.5 Å². The summed E-state index contributed by atoms with van der Waals surface area (Å²) in [5.74, 6) is -0.00827. The monoisotopic (exact) mass is 331 g/mol. The molecule has 1 aliphatic heterocycles. The van der Waals surface area contributed by atoms with Gasteiger partial charge in [0.25, 0.3) is 11.6 Å². The number of nitrogens with one attached hydrogen (secondary N) is 1. The summed E-state index contributed by atoms with van der Waals surface area (Å²) < 4.78 is 0. The van der Waals surface area contributed by atoms with E-state index in [4.69, 9.17) is 0 Å².